The number of ether oxygens (including phenoxy) is 1. The van der Waals surface area contributed by atoms with Crippen LogP contribution in [0.15, 0.2) is 40.9 Å². The van der Waals surface area contributed by atoms with Crippen LogP contribution in [0.1, 0.15) is 24.5 Å². The number of aryl methyl sites for hydroxylation is 1. The van der Waals surface area contributed by atoms with Crippen molar-refractivity contribution in [3.8, 4) is 5.75 Å². The van der Waals surface area contributed by atoms with Gasteiger partial charge in [-0.3, -0.25) is 4.79 Å². The molecule has 0 aliphatic carbocycles. The Morgan fingerprint density at radius 1 is 1.32 bits per heavy atom. The average molecular weight is 383 g/mol. The van der Waals surface area contributed by atoms with E-state index in [1.807, 2.05) is 50.2 Å². The van der Waals surface area contributed by atoms with Gasteiger partial charge >= 0.3 is 0 Å². The third kappa shape index (κ3) is 4.24. The number of anilines is 1. The van der Waals surface area contributed by atoms with Crippen LogP contribution in [-0.4, -0.2) is 5.91 Å². The molecule has 22 heavy (non-hydrogen) atoms. The number of benzene rings is 2. The van der Waals surface area contributed by atoms with Gasteiger partial charge in [0.05, 0.1) is 5.02 Å². The lowest BCUT2D eigenvalue weighted by molar-refractivity contribution is -0.115. The second kappa shape index (κ2) is 7.65. The van der Waals surface area contributed by atoms with Gasteiger partial charge in [-0.05, 0) is 36.8 Å². The minimum atomic E-state index is -0.0345. The number of hydrogen-bond acceptors (Lipinski definition) is 2. The first-order chi connectivity index (χ1) is 10.5. The Bertz CT molecular complexity index is 688. The van der Waals surface area contributed by atoms with E-state index >= 15 is 0 Å². The number of amides is 1. The molecule has 0 unspecified atom stereocenters. The number of carbonyl (C=O) groups is 1. The zero-order chi connectivity index (χ0) is 16.1. The van der Waals surface area contributed by atoms with Crippen molar-refractivity contribution in [3.63, 3.8) is 0 Å². The molecule has 2 aromatic carbocycles. The fourth-order valence-corrected chi connectivity index (χ4v) is 2.70. The molecule has 0 fully saturated rings. The average Bonchev–Trinajstić information content (AvgIpc) is 2.48. The summed E-state index contributed by atoms with van der Waals surface area (Å²) in [6, 6.07) is 11.3. The largest absolute Gasteiger partial charge is 0.487 e. The maximum absolute atomic E-state index is 11.6. The van der Waals surface area contributed by atoms with Gasteiger partial charge in [-0.2, -0.15) is 0 Å². The molecule has 0 heterocycles. The molecule has 5 heteroatoms. The van der Waals surface area contributed by atoms with Crippen molar-refractivity contribution in [3.05, 3.63) is 57.0 Å². The van der Waals surface area contributed by atoms with Crippen molar-refractivity contribution in [2.75, 3.05) is 5.32 Å². The Balaban J connectivity index is 2.19. The van der Waals surface area contributed by atoms with Gasteiger partial charge in [0.2, 0.25) is 5.91 Å². The molecule has 0 saturated heterocycles. The highest BCUT2D eigenvalue weighted by Crippen LogP contribution is 2.30. The minimum Gasteiger partial charge on any atom is -0.487 e. The quantitative estimate of drug-likeness (QED) is 0.758. The van der Waals surface area contributed by atoms with E-state index in [9.17, 15) is 4.79 Å². The summed E-state index contributed by atoms with van der Waals surface area (Å²) < 4.78 is 6.68. The number of nitrogens with one attached hydrogen (secondary N) is 1. The summed E-state index contributed by atoms with van der Waals surface area (Å²) in [5, 5.41) is 3.45. The van der Waals surface area contributed by atoms with Crippen LogP contribution < -0.4 is 10.1 Å². The van der Waals surface area contributed by atoms with Gasteiger partial charge < -0.3 is 10.1 Å². The van der Waals surface area contributed by atoms with Gasteiger partial charge in [-0.15, -0.1) is 0 Å². The van der Waals surface area contributed by atoms with Gasteiger partial charge in [0.25, 0.3) is 0 Å². The normalized spacial score (nSPS) is 10.4. The summed E-state index contributed by atoms with van der Waals surface area (Å²) in [4.78, 5) is 11.6. The van der Waals surface area contributed by atoms with E-state index < -0.39 is 0 Å². The van der Waals surface area contributed by atoms with Gasteiger partial charge in [-0.1, -0.05) is 46.6 Å². The van der Waals surface area contributed by atoms with Crippen LogP contribution in [0.4, 0.5) is 5.69 Å². The highest BCUT2D eigenvalue weighted by Gasteiger charge is 2.11. The van der Waals surface area contributed by atoms with Crippen molar-refractivity contribution in [1.29, 1.82) is 0 Å². The molecule has 1 amide bonds. The van der Waals surface area contributed by atoms with E-state index in [0.717, 1.165) is 21.3 Å². The number of rotatable bonds is 5. The molecule has 3 nitrogen and oxygen atoms in total. The second-order valence-corrected chi connectivity index (χ2v) is 6.15. The van der Waals surface area contributed by atoms with Crippen LogP contribution in [0.3, 0.4) is 0 Å². The van der Waals surface area contributed by atoms with E-state index in [1.165, 1.54) is 0 Å². The maximum Gasteiger partial charge on any atom is 0.224 e. The SMILES string of the molecule is CCC(=O)Nc1cccc(Br)c1COc1ccc(C)cc1Cl. The number of hydrogen-bond donors (Lipinski definition) is 1. The Kier molecular flexibility index (Phi) is 5.86. The second-order valence-electron chi connectivity index (χ2n) is 4.89. The van der Waals surface area contributed by atoms with E-state index in [1.54, 1.807) is 0 Å². The summed E-state index contributed by atoms with van der Waals surface area (Å²) >= 11 is 9.67. The lowest BCUT2D eigenvalue weighted by Crippen LogP contribution is -2.12. The predicted molar refractivity (Wildman–Crippen MR) is 93.6 cm³/mol. The Labute approximate surface area is 143 Å². The molecule has 116 valence electrons. The van der Waals surface area contributed by atoms with Crippen LogP contribution in [0, 0.1) is 6.92 Å². The van der Waals surface area contributed by atoms with Gasteiger partial charge in [0.15, 0.2) is 0 Å². The summed E-state index contributed by atoms with van der Waals surface area (Å²) in [6.07, 6.45) is 0.427. The first-order valence-electron chi connectivity index (χ1n) is 6.97. The monoisotopic (exact) mass is 381 g/mol. The molecule has 0 aliphatic rings. The van der Waals surface area contributed by atoms with Crippen molar-refractivity contribution in [2.45, 2.75) is 26.9 Å². The predicted octanol–water partition coefficient (Wildman–Crippen LogP) is 5.34. The molecule has 0 saturated carbocycles. The third-order valence-corrected chi connectivity index (χ3v) is 4.21. The third-order valence-electron chi connectivity index (χ3n) is 3.17. The van der Waals surface area contributed by atoms with E-state index in [2.05, 4.69) is 21.2 Å². The van der Waals surface area contributed by atoms with Crippen LogP contribution in [-0.2, 0) is 11.4 Å². The van der Waals surface area contributed by atoms with E-state index in [-0.39, 0.29) is 5.91 Å². The molecular formula is C17H17BrClNO2. The first-order valence-corrected chi connectivity index (χ1v) is 8.14. The molecular weight excluding hydrogens is 366 g/mol. The van der Waals surface area contributed by atoms with Crippen molar-refractivity contribution < 1.29 is 9.53 Å². The maximum atomic E-state index is 11.6. The minimum absolute atomic E-state index is 0.0345. The van der Waals surface area contributed by atoms with Crippen LogP contribution >= 0.6 is 27.5 Å². The molecule has 0 radical (unpaired) electrons. The zero-order valence-corrected chi connectivity index (χ0v) is 14.8. The number of carbonyl (C=O) groups excluding carboxylic acids is 1. The molecule has 0 atom stereocenters. The lowest BCUT2D eigenvalue weighted by Gasteiger charge is -2.14. The van der Waals surface area contributed by atoms with Gasteiger partial charge in [0, 0.05) is 22.1 Å². The van der Waals surface area contributed by atoms with Crippen molar-refractivity contribution in [2.24, 2.45) is 0 Å². The van der Waals surface area contributed by atoms with Crippen LogP contribution in [0.5, 0.6) is 5.75 Å². The molecule has 2 rings (SSSR count). The molecule has 0 spiro atoms. The van der Waals surface area contributed by atoms with Crippen LogP contribution in [0.25, 0.3) is 0 Å². The Hall–Kier alpha value is -1.52. The highest BCUT2D eigenvalue weighted by atomic mass is 79.9. The molecule has 0 aromatic heterocycles. The Morgan fingerprint density at radius 3 is 2.77 bits per heavy atom. The lowest BCUT2D eigenvalue weighted by atomic mass is 10.2. The fraction of sp³-hybridized carbons (Fsp3) is 0.235. The van der Waals surface area contributed by atoms with Gasteiger partial charge in [-0.25, -0.2) is 0 Å². The molecule has 1 N–H and O–H groups in total. The van der Waals surface area contributed by atoms with E-state index in [4.69, 9.17) is 16.3 Å². The van der Waals surface area contributed by atoms with E-state index in [0.29, 0.717) is 23.8 Å². The topological polar surface area (TPSA) is 38.3 Å². The highest BCUT2D eigenvalue weighted by molar-refractivity contribution is 9.10. The standard InChI is InChI=1S/C17H17BrClNO2/c1-3-17(21)20-15-6-4-5-13(18)12(15)10-22-16-8-7-11(2)9-14(16)19/h4-9H,3,10H2,1-2H3,(H,20,21). The zero-order valence-electron chi connectivity index (χ0n) is 12.5. The Morgan fingerprint density at radius 2 is 2.09 bits per heavy atom. The van der Waals surface area contributed by atoms with Gasteiger partial charge in [0.1, 0.15) is 12.4 Å². The summed E-state index contributed by atoms with van der Waals surface area (Å²) in [7, 11) is 0. The molecule has 2 aromatic rings. The summed E-state index contributed by atoms with van der Waals surface area (Å²) in [5.41, 5.74) is 2.69. The molecule has 0 aliphatic heterocycles. The first kappa shape index (κ1) is 16.8. The number of halogens is 2. The van der Waals surface area contributed by atoms with Crippen molar-refractivity contribution in [1.82, 2.24) is 0 Å². The molecule has 0 bridgehead atoms. The van der Waals surface area contributed by atoms with Crippen molar-refractivity contribution >= 4 is 39.1 Å². The summed E-state index contributed by atoms with van der Waals surface area (Å²) in [6.45, 7) is 4.10. The van der Waals surface area contributed by atoms with Crippen LogP contribution in [0.2, 0.25) is 5.02 Å². The summed E-state index contributed by atoms with van der Waals surface area (Å²) in [5.74, 6) is 0.587. The fourth-order valence-electron chi connectivity index (χ4n) is 1.93. The smallest absolute Gasteiger partial charge is 0.224 e.